The monoisotopic (exact) mass is 411 g/mol. The van der Waals surface area contributed by atoms with Crippen molar-refractivity contribution < 1.29 is 13.9 Å². The molecule has 7 heteroatoms. The second-order valence-corrected chi connectivity index (χ2v) is 7.41. The second-order valence-electron chi connectivity index (χ2n) is 6.41. The molecule has 5 nitrogen and oxygen atoms in total. The molecule has 150 valence electrons. The van der Waals surface area contributed by atoms with Crippen molar-refractivity contribution in [3.63, 3.8) is 0 Å². The van der Waals surface area contributed by atoms with Gasteiger partial charge in [-0.25, -0.2) is 14.2 Å². The standard InChI is InChI=1S/C22H22FN3O2S/c1-26(14-16-9-10-20(28-2)19(23)13-16)22(27)25-18-7-5-6-17(12-18)15-29-21-8-3-4-11-24-21/h3-13H,14-15H2,1-2H3,(H,25,27). The van der Waals surface area contributed by atoms with E-state index < -0.39 is 5.82 Å². The molecule has 3 aromatic rings. The first-order valence-electron chi connectivity index (χ1n) is 9.02. The molecule has 1 aromatic heterocycles. The number of halogens is 1. The predicted octanol–water partition coefficient (Wildman–Crippen LogP) is 5.19. The van der Waals surface area contributed by atoms with Gasteiger partial charge in [0.1, 0.15) is 0 Å². The van der Waals surface area contributed by atoms with E-state index in [1.54, 1.807) is 37.1 Å². The Hall–Kier alpha value is -3.06. The summed E-state index contributed by atoms with van der Waals surface area (Å²) in [7, 11) is 3.08. The van der Waals surface area contributed by atoms with Crippen molar-refractivity contribution in [3.05, 3.63) is 83.8 Å². The van der Waals surface area contributed by atoms with E-state index in [9.17, 15) is 9.18 Å². The molecule has 0 fully saturated rings. The maximum atomic E-state index is 13.8. The molecule has 0 saturated heterocycles. The number of nitrogens with one attached hydrogen (secondary N) is 1. The summed E-state index contributed by atoms with van der Waals surface area (Å²) >= 11 is 1.63. The van der Waals surface area contributed by atoms with E-state index in [1.807, 2.05) is 42.5 Å². The Kier molecular flexibility index (Phi) is 7.08. The predicted molar refractivity (Wildman–Crippen MR) is 114 cm³/mol. The van der Waals surface area contributed by atoms with Gasteiger partial charge in [0.2, 0.25) is 0 Å². The number of rotatable bonds is 7. The minimum Gasteiger partial charge on any atom is -0.494 e. The van der Waals surface area contributed by atoms with Crippen molar-refractivity contribution in [1.82, 2.24) is 9.88 Å². The van der Waals surface area contributed by atoms with E-state index in [2.05, 4.69) is 10.3 Å². The number of anilines is 1. The lowest BCUT2D eigenvalue weighted by Gasteiger charge is -2.18. The lowest BCUT2D eigenvalue weighted by molar-refractivity contribution is 0.220. The maximum Gasteiger partial charge on any atom is 0.321 e. The number of pyridine rings is 1. The van der Waals surface area contributed by atoms with E-state index in [4.69, 9.17) is 4.74 Å². The average Bonchev–Trinajstić information content (AvgIpc) is 2.73. The van der Waals surface area contributed by atoms with Gasteiger partial charge in [-0.15, -0.1) is 11.8 Å². The summed E-state index contributed by atoms with van der Waals surface area (Å²) < 4.78 is 18.8. The van der Waals surface area contributed by atoms with Crippen molar-refractivity contribution in [3.8, 4) is 5.75 Å². The van der Waals surface area contributed by atoms with Crippen LogP contribution in [0.3, 0.4) is 0 Å². The van der Waals surface area contributed by atoms with Crippen molar-refractivity contribution in [1.29, 1.82) is 0 Å². The highest BCUT2D eigenvalue weighted by atomic mass is 32.2. The molecule has 1 heterocycles. The summed E-state index contributed by atoms with van der Waals surface area (Å²) in [6.45, 7) is 0.280. The maximum absolute atomic E-state index is 13.8. The lowest BCUT2D eigenvalue weighted by Crippen LogP contribution is -2.30. The van der Waals surface area contributed by atoms with Crippen LogP contribution in [-0.4, -0.2) is 30.1 Å². The highest BCUT2D eigenvalue weighted by Gasteiger charge is 2.12. The first kappa shape index (κ1) is 20.7. The molecule has 0 saturated carbocycles. The fourth-order valence-electron chi connectivity index (χ4n) is 2.70. The first-order valence-corrected chi connectivity index (χ1v) is 10.0. The highest BCUT2D eigenvalue weighted by Crippen LogP contribution is 2.22. The summed E-state index contributed by atoms with van der Waals surface area (Å²) in [6.07, 6.45) is 1.77. The van der Waals surface area contributed by atoms with Crippen LogP contribution in [0.1, 0.15) is 11.1 Å². The number of ether oxygens (including phenoxy) is 1. The van der Waals surface area contributed by atoms with Gasteiger partial charge in [-0.1, -0.05) is 24.3 Å². The summed E-state index contributed by atoms with van der Waals surface area (Å²) in [5.41, 5.74) is 2.47. The summed E-state index contributed by atoms with van der Waals surface area (Å²) in [5, 5.41) is 3.83. The Balaban J connectivity index is 1.57. The number of urea groups is 1. The van der Waals surface area contributed by atoms with Crippen LogP contribution in [0.2, 0.25) is 0 Å². The van der Waals surface area contributed by atoms with Crippen LogP contribution in [0.5, 0.6) is 5.75 Å². The van der Waals surface area contributed by atoms with Crippen molar-refractivity contribution in [2.75, 3.05) is 19.5 Å². The molecule has 3 rings (SSSR count). The number of hydrogen-bond acceptors (Lipinski definition) is 4. The zero-order chi connectivity index (χ0) is 20.6. The lowest BCUT2D eigenvalue weighted by atomic mass is 10.2. The normalized spacial score (nSPS) is 10.4. The topological polar surface area (TPSA) is 54.5 Å². The molecule has 2 aromatic carbocycles. The highest BCUT2D eigenvalue weighted by molar-refractivity contribution is 7.98. The summed E-state index contributed by atoms with van der Waals surface area (Å²) in [4.78, 5) is 18.3. The molecule has 0 aliphatic carbocycles. The van der Waals surface area contributed by atoms with Gasteiger partial charge in [-0.3, -0.25) is 0 Å². The average molecular weight is 412 g/mol. The van der Waals surface area contributed by atoms with Crippen molar-refractivity contribution >= 4 is 23.5 Å². The Bertz CT molecular complexity index is 969. The van der Waals surface area contributed by atoms with Crippen LogP contribution in [0.15, 0.2) is 71.9 Å². The molecule has 0 bridgehead atoms. The number of amides is 2. The van der Waals surface area contributed by atoms with Gasteiger partial charge in [0.05, 0.1) is 12.1 Å². The zero-order valence-electron chi connectivity index (χ0n) is 16.3. The van der Waals surface area contributed by atoms with E-state index in [0.29, 0.717) is 11.3 Å². The third-order valence-corrected chi connectivity index (χ3v) is 5.20. The number of thioether (sulfide) groups is 1. The van der Waals surface area contributed by atoms with Gasteiger partial charge in [0.15, 0.2) is 11.6 Å². The number of aromatic nitrogens is 1. The smallest absolute Gasteiger partial charge is 0.321 e. The van der Waals surface area contributed by atoms with Gasteiger partial charge in [0.25, 0.3) is 0 Å². The minimum atomic E-state index is -0.447. The van der Waals surface area contributed by atoms with Gasteiger partial charge in [0, 0.05) is 31.2 Å². The molecule has 0 radical (unpaired) electrons. The van der Waals surface area contributed by atoms with Crippen LogP contribution >= 0.6 is 11.8 Å². The first-order chi connectivity index (χ1) is 14.0. The van der Waals surface area contributed by atoms with Crippen LogP contribution < -0.4 is 10.1 Å². The quantitative estimate of drug-likeness (QED) is 0.544. The van der Waals surface area contributed by atoms with Crippen molar-refractivity contribution in [2.45, 2.75) is 17.3 Å². The fraction of sp³-hybridized carbons (Fsp3) is 0.182. The molecule has 29 heavy (non-hydrogen) atoms. The number of nitrogens with zero attached hydrogens (tertiary/aromatic N) is 2. The molecule has 0 aliphatic rings. The minimum absolute atomic E-state index is 0.182. The third-order valence-electron chi connectivity index (χ3n) is 4.19. The third kappa shape index (κ3) is 5.96. The Morgan fingerprint density at radius 1 is 1.14 bits per heavy atom. The largest absolute Gasteiger partial charge is 0.494 e. The van der Waals surface area contributed by atoms with Crippen LogP contribution in [0.4, 0.5) is 14.9 Å². The van der Waals surface area contributed by atoms with Crippen LogP contribution in [-0.2, 0) is 12.3 Å². The molecule has 2 amide bonds. The zero-order valence-corrected chi connectivity index (χ0v) is 17.1. The number of methoxy groups -OCH3 is 1. The molecule has 1 N–H and O–H groups in total. The van der Waals surface area contributed by atoms with E-state index in [-0.39, 0.29) is 18.3 Å². The van der Waals surface area contributed by atoms with E-state index >= 15 is 0 Å². The number of carbonyl (C=O) groups is 1. The van der Waals surface area contributed by atoms with Gasteiger partial charge < -0.3 is 15.0 Å². The van der Waals surface area contributed by atoms with E-state index in [0.717, 1.165) is 16.3 Å². The summed E-state index contributed by atoms with van der Waals surface area (Å²) in [6, 6.07) is 17.9. The molecule has 0 spiro atoms. The van der Waals surface area contributed by atoms with Crippen LogP contribution in [0, 0.1) is 5.82 Å². The molecular weight excluding hydrogens is 389 g/mol. The number of hydrogen-bond donors (Lipinski definition) is 1. The Morgan fingerprint density at radius 2 is 2.00 bits per heavy atom. The van der Waals surface area contributed by atoms with Crippen molar-refractivity contribution in [2.24, 2.45) is 0 Å². The summed E-state index contributed by atoms with van der Waals surface area (Å²) in [5.74, 6) is 0.486. The molecule has 0 unspecified atom stereocenters. The number of carbonyl (C=O) groups excluding carboxylic acids is 1. The SMILES string of the molecule is COc1ccc(CN(C)C(=O)Nc2cccc(CSc3ccccn3)c2)cc1F. The molecular formula is C22H22FN3O2S. The van der Waals surface area contributed by atoms with E-state index in [1.165, 1.54) is 18.1 Å². The van der Waals surface area contributed by atoms with Gasteiger partial charge in [-0.2, -0.15) is 0 Å². The molecule has 0 atom stereocenters. The number of benzene rings is 2. The van der Waals surface area contributed by atoms with Crippen LogP contribution in [0.25, 0.3) is 0 Å². The molecule has 0 aliphatic heterocycles. The second kappa shape index (κ2) is 9.93. The fourth-order valence-corrected chi connectivity index (χ4v) is 3.51. The Labute approximate surface area is 173 Å². The Morgan fingerprint density at radius 3 is 2.72 bits per heavy atom. The van der Waals surface area contributed by atoms with Gasteiger partial charge >= 0.3 is 6.03 Å². The van der Waals surface area contributed by atoms with Gasteiger partial charge in [-0.05, 0) is 47.5 Å².